The standard InChI is InChI=1S/C22H29N5O3/c1-3-27(18-6-5-11-26(15-18)21(28)7-4-9-23)19-12-17(14-25-22(19)29)16-8-10-24-20(13-16)30-2/h4,7-8,10,12-14,18H,3,5-6,9,11,15,23H2,1-2H3,(H,25,29)/b7-4+. The molecule has 0 aliphatic carbocycles. The van der Waals surface area contributed by atoms with Gasteiger partial charge in [-0.25, -0.2) is 4.98 Å². The van der Waals surface area contributed by atoms with Gasteiger partial charge in [0, 0.05) is 62.3 Å². The van der Waals surface area contributed by atoms with Gasteiger partial charge in [0.25, 0.3) is 5.56 Å². The topological polar surface area (TPSA) is 105 Å². The number of pyridine rings is 2. The number of nitrogens with zero attached hydrogens (tertiary/aromatic N) is 3. The van der Waals surface area contributed by atoms with Crippen LogP contribution in [0.15, 0.2) is 47.5 Å². The maximum atomic E-state index is 12.7. The summed E-state index contributed by atoms with van der Waals surface area (Å²) >= 11 is 0. The van der Waals surface area contributed by atoms with Crippen LogP contribution in [0.2, 0.25) is 0 Å². The fraction of sp³-hybridized carbons (Fsp3) is 0.409. The van der Waals surface area contributed by atoms with Crippen molar-refractivity contribution in [2.45, 2.75) is 25.8 Å². The molecule has 2 aromatic heterocycles. The number of likely N-dealkylation sites (N-methyl/N-ethyl adjacent to an activating group) is 1. The molecule has 8 nitrogen and oxygen atoms in total. The molecule has 1 aliphatic rings. The Bertz CT molecular complexity index is 956. The third-order valence-corrected chi connectivity index (χ3v) is 5.36. The summed E-state index contributed by atoms with van der Waals surface area (Å²) in [6.45, 7) is 4.32. The normalized spacial score (nSPS) is 16.6. The molecule has 3 rings (SSSR count). The maximum Gasteiger partial charge on any atom is 0.271 e. The Balaban J connectivity index is 1.88. The molecular weight excluding hydrogens is 382 g/mol. The van der Waals surface area contributed by atoms with Crippen LogP contribution in [0.5, 0.6) is 5.88 Å². The predicted octanol–water partition coefficient (Wildman–Crippen LogP) is 1.78. The maximum absolute atomic E-state index is 12.7. The number of hydrogen-bond acceptors (Lipinski definition) is 6. The van der Waals surface area contributed by atoms with Crippen LogP contribution in [-0.2, 0) is 4.79 Å². The number of piperidine rings is 1. The van der Waals surface area contributed by atoms with E-state index in [1.54, 1.807) is 25.6 Å². The van der Waals surface area contributed by atoms with Crippen molar-refractivity contribution in [2.24, 2.45) is 5.73 Å². The van der Waals surface area contributed by atoms with Crippen LogP contribution in [-0.4, -0.2) is 60.1 Å². The number of aromatic amines is 1. The van der Waals surface area contributed by atoms with Gasteiger partial charge >= 0.3 is 0 Å². The van der Waals surface area contributed by atoms with Crippen LogP contribution >= 0.6 is 0 Å². The lowest BCUT2D eigenvalue weighted by Crippen LogP contribution is -2.50. The number of rotatable bonds is 7. The van der Waals surface area contributed by atoms with E-state index in [4.69, 9.17) is 10.5 Å². The van der Waals surface area contributed by atoms with Crippen molar-refractivity contribution < 1.29 is 9.53 Å². The average Bonchev–Trinajstić information content (AvgIpc) is 2.79. The SMILES string of the molecule is CCN(c1cc(-c2ccnc(OC)c2)c[nH]c1=O)C1CCCN(C(=O)/C=C/CN)C1. The first kappa shape index (κ1) is 21.6. The van der Waals surface area contributed by atoms with Crippen molar-refractivity contribution in [2.75, 3.05) is 38.2 Å². The van der Waals surface area contributed by atoms with Gasteiger partial charge < -0.3 is 25.3 Å². The van der Waals surface area contributed by atoms with E-state index in [1.807, 2.05) is 30.0 Å². The molecule has 0 radical (unpaired) electrons. The van der Waals surface area contributed by atoms with Crippen molar-refractivity contribution in [1.29, 1.82) is 0 Å². The second-order valence-corrected chi connectivity index (χ2v) is 7.19. The molecule has 1 atom stereocenters. The quantitative estimate of drug-likeness (QED) is 0.673. The van der Waals surface area contributed by atoms with Gasteiger partial charge in [0.15, 0.2) is 0 Å². The third kappa shape index (κ3) is 4.88. The average molecular weight is 412 g/mol. The summed E-state index contributed by atoms with van der Waals surface area (Å²) in [5.41, 5.74) is 7.69. The van der Waals surface area contributed by atoms with Gasteiger partial charge in [-0.1, -0.05) is 6.08 Å². The smallest absolute Gasteiger partial charge is 0.271 e. The predicted molar refractivity (Wildman–Crippen MR) is 118 cm³/mol. The molecule has 2 aromatic rings. The van der Waals surface area contributed by atoms with E-state index in [9.17, 15) is 9.59 Å². The number of aromatic nitrogens is 2. The summed E-state index contributed by atoms with van der Waals surface area (Å²) in [6.07, 6.45) is 8.38. The van der Waals surface area contributed by atoms with Crippen LogP contribution < -0.4 is 20.9 Å². The lowest BCUT2D eigenvalue weighted by atomic mass is 10.0. The molecule has 1 unspecified atom stereocenters. The number of methoxy groups -OCH3 is 1. The first-order chi connectivity index (χ1) is 14.6. The second-order valence-electron chi connectivity index (χ2n) is 7.19. The number of carbonyl (C=O) groups is 1. The third-order valence-electron chi connectivity index (χ3n) is 5.36. The molecule has 1 amide bonds. The van der Waals surface area contributed by atoms with Crippen LogP contribution in [0.1, 0.15) is 19.8 Å². The van der Waals surface area contributed by atoms with E-state index in [0.717, 1.165) is 30.5 Å². The highest BCUT2D eigenvalue weighted by Gasteiger charge is 2.28. The van der Waals surface area contributed by atoms with Crippen LogP contribution in [0.4, 0.5) is 5.69 Å². The van der Waals surface area contributed by atoms with Gasteiger partial charge in [-0.3, -0.25) is 9.59 Å². The van der Waals surface area contributed by atoms with E-state index in [2.05, 4.69) is 14.9 Å². The van der Waals surface area contributed by atoms with Gasteiger partial charge in [0.2, 0.25) is 11.8 Å². The number of likely N-dealkylation sites (tertiary alicyclic amines) is 1. The molecule has 0 saturated carbocycles. The molecular formula is C22H29N5O3. The fourth-order valence-corrected chi connectivity index (χ4v) is 3.86. The number of amides is 1. The lowest BCUT2D eigenvalue weighted by Gasteiger charge is -2.39. The van der Waals surface area contributed by atoms with Crippen LogP contribution in [0, 0.1) is 0 Å². The van der Waals surface area contributed by atoms with E-state index >= 15 is 0 Å². The Kier molecular flexibility index (Phi) is 7.24. The lowest BCUT2D eigenvalue weighted by molar-refractivity contribution is -0.127. The fourth-order valence-electron chi connectivity index (χ4n) is 3.86. The minimum absolute atomic E-state index is 0.0345. The van der Waals surface area contributed by atoms with Crippen molar-refractivity contribution in [3.63, 3.8) is 0 Å². The number of ether oxygens (including phenoxy) is 1. The largest absolute Gasteiger partial charge is 0.481 e. The number of hydrogen-bond donors (Lipinski definition) is 2. The molecule has 0 aromatic carbocycles. The Labute approximate surface area is 176 Å². The summed E-state index contributed by atoms with van der Waals surface area (Å²) in [4.78, 5) is 36.0. The summed E-state index contributed by atoms with van der Waals surface area (Å²) in [5, 5.41) is 0. The Hall–Kier alpha value is -3.13. The zero-order valence-corrected chi connectivity index (χ0v) is 17.5. The Morgan fingerprint density at radius 3 is 3.00 bits per heavy atom. The molecule has 1 aliphatic heterocycles. The number of anilines is 1. The zero-order chi connectivity index (χ0) is 21.5. The number of nitrogens with one attached hydrogen (secondary N) is 1. The summed E-state index contributed by atoms with van der Waals surface area (Å²) < 4.78 is 5.21. The first-order valence-electron chi connectivity index (χ1n) is 10.2. The van der Waals surface area contributed by atoms with Crippen molar-refractivity contribution in [3.8, 4) is 17.0 Å². The van der Waals surface area contributed by atoms with E-state index in [0.29, 0.717) is 31.2 Å². The van der Waals surface area contributed by atoms with Crippen molar-refractivity contribution in [1.82, 2.24) is 14.9 Å². The number of H-pyrrole nitrogens is 1. The first-order valence-corrected chi connectivity index (χ1v) is 10.2. The number of carbonyl (C=O) groups excluding carboxylic acids is 1. The van der Waals surface area contributed by atoms with Gasteiger partial charge in [0.1, 0.15) is 5.69 Å². The zero-order valence-electron chi connectivity index (χ0n) is 17.5. The highest BCUT2D eigenvalue weighted by Crippen LogP contribution is 2.26. The van der Waals surface area contributed by atoms with E-state index < -0.39 is 0 Å². The molecule has 30 heavy (non-hydrogen) atoms. The monoisotopic (exact) mass is 411 g/mol. The molecule has 8 heteroatoms. The van der Waals surface area contributed by atoms with Gasteiger partial charge in [0.05, 0.1) is 7.11 Å². The Morgan fingerprint density at radius 1 is 1.43 bits per heavy atom. The summed E-state index contributed by atoms with van der Waals surface area (Å²) in [6, 6.07) is 5.67. The molecule has 0 spiro atoms. The van der Waals surface area contributed by atoms with Crippen LogP contribution in [0.3, 0.4) is 0 Å². The molecule has 3 N–H and O–H groups in total. The molecule has 160 valence electrons. The van der Waals surface area contributed by atoms with E-state index in [-0.39, 0.29) is 17.5 Å². The summed E-state index contributed by atoms with van der Waals surface area (Å²) in [5.74, 6) is 0.479. The highest BCUT2D eigenvalue weighted by molar-refractivity contribution is 5.87. The highest BCUT2D eigenvalue weighted by atomic mass is 16.5. The molecule has 0 bridgehead atoms. The van der Waals surface area contributed by atoms with E-state index in [1.165, 1.54) is 6.08 Å². The molecule has 3 heterocycles. The number of nitrogens with two attached hydrogens (primary N) is 1. The van der Waals surface area contributed by atoms with Crippen molar-refractivity contribution in [3.05, 3.63) is 53.1 Å². The second kappa shape index (κ2) is 10.1. The van der Waals surface area contributed by atoms with Gasteiger partial charge in [-0.05, 0) is 37.5 Å². The van der Waals surface area contributed by atoms with Crippen molar-refractivity contribution >= 4 is 11.6 Å². The van der Waals surface area contributed by atoms with Gasteiger partial charge in [-0.15, -0.1) is 0 Å². The minimum atomic E-state index is -0.145. The van der Waals surface area contributed by atoms with Gasteiger partial charge in [-0.2, -0.15) is 0 Å². The minimum Gasteiger partial charge on any atom is -0.481 e. The Morgan fingerprint density at radius 2 is 2.27 bits per heavy atom. The molecule has 1 fully saturated rings. The summed E-state index contributed by atoms with van der Waals surface area (Å²) in [7, 11) is 1.57. The van der Waals surface area contributed by atoms with Crippen LogP contribution in [0.25, 0.3) is 11.1 Å². The molecule has 1 saturated heterocycles.